The number of imidazole rings is 3. The number of nitrogens with zero attached hydrogens (tertiary/aromatic N) is 9. The zero-order valence-corrected chi connectivity index (χ0v) is 60.1. The SMILES string of the molecule is Cc1nc2cc(-c3nc4c(-c5cc(-c6ccc7c(c6)nc(-c6[c-]ccc(C#N)c6)n7-c6c(C(C)C)cccc6C(C)C)cc(-c6ccc7c(c6)nc(-c6[c-]cc8scnc8c6)n7-c6c(C(C)C)cccc6C(C)C)c5)cccc4n3-c3c(C(C)C)cccc3C(C)C)[c-]cc2o1.[Ir+3]. The Morgan fingerprint density at radius 3 is 1.39 bits per heavy atom. The van der Waals surface area contributed by atoms with Crippen LogP contribution in [0.1, 0.15) is 163 Å². The molecule has 15 aromatic rings. The summed E-state index contributed by atoms with van der Waals surface area (Å²) in [6, 6.07) is 73.9. The van der Waals surface area contributed by atoms with E-state index < -0.39 is 0 Å². The predicted molar refractivity (Wildman–Crippen MR) is 394 cm³/mol. The Balaban J connectivity index is 0.00000807. The van der Waals surface area contributed by atoms with Gasteiger partial charge in [0.2, 0.25) is 0 Å². The van der Waals surface area contributed by atoms with Crippen molar-refractivity contribution in [2.45, 2.75) is 126 Å². The molecule has 0 fully saturated rings. The molecule has 0 amide bonds. The van der Waals surface area contributed by atoms with E-state index in [1.165, 1.54) is 33.4 Å². The molecular formula is C85H74IrN9OS. The van der Waals surface area contributed by atoms with Crippen molar-refractivity contribution < 1.29 is 24.5 Å². The molecule has 10 aromatic carbocycles. The standard InChI is InChI=1S/C85H74N9OS.Ir/c1-47(2)63-21-15-22-64(48(3)4)80(63)92-74-33-29-55(41-70(74)89-83(92)57-20-14-19-54(37-57)45-86)60-38-61(56-30-34-75-71(42-56)90-84(59-32-36-78-73(44-59)87-46-96-78)93(75)81-65(49(5)6)23-16-24-66(81)50(7)8)40-62(39-60)69-27-18-28-76-79(69)91-85(58-31-35-77-72(43-58)88-53(13)95-77)94(76)82-67(51(9)10)25-17-26-68(82)52(11)12;/h14-19,21-30,33-44,46-52H,1-13H3;/q-3;+3. The Bertz CT molecular complexity index is 5550. The van der Waals surface area contributed by atoms with Gasteiger partial charge in [0.1, 0.15) is 0 Å². The Morgan fingerprint density at radius 2 is 0.887 bits per heavy atom. The molecule has 5 aromatic heterocycles. The van der Waals surface area contributed by atoms with E-state index in [0.717, 1.165) is 133 Å². The zero-order chi connectivity index (χ0) is 66.5. The zero-order valence-electron chi connectivity index (χ0n) is 56.9. The summed E-state index contributed by atoms with van der Waals surface area (Å²) in [6.07, 6.45) is 0. The van der Waals surface area contributed by atoms with Crippen LogP contribution in [-0.2, 0) is 20.1 Å². The normalized spacial score (nSPS) is 12.0. The number of para-hydroxylation sites is 4. The Kier molecular flexibility index (Phi) is 17.0. The van der Waals surface area contributed by atoms with Crippen LogP contribution in [-0.4, -0.2) is 38.6 Å². The summed E-state index contributed by atoms with van der Waals surface area (Å²) in [7, 11) is 0. The third kappa shape index (κ3) is 11.3. The van der Waals surface area contributed by atoms with Gasteiger partial charge in [0.25, 0.3) is 0 Å². The third-order valence-electron chi connectivity index (χ3n) is 18.9. The maximum absolute atomic E-state index is 10.2. The minimum atomic E-state index is 0. The maximum atomic E-state index is 10.2. The molecular weight excluding hydrogens is 1390 g/mol. The van der Waals surface area contributed by atoms with Crippen molar-refractivity contribution in [1.82, 2.24) is 38.6 Å². The van der Waals surface area contributed by atoms with E-state index in [4.69, 9.17) is 29.3 Å². The van der Waals surface area contributed by atoms with Gasteiger partial charge in [-0.3, -0.25) is 19.9 Å². The molecule has 0 aliphatic rings. The fourth-order valence-corrected chi connectivity index (χ4v) is 14.9. The van der Waals surface area contributed by atoms with E-state index in [1.807, 2.05) is 30.6 Å². The largest absolute Gasteiger partial charge is 3.00 e. The summed E-state index contributed by atoms with van der Waals surface area (Å²) in [6.45, 7) is 29.1. The molecule has 5 heterocycles. The monoisotopic (exact) mass is 1460 g/mol. The number of rotatable bonds is 15. The number of fused-ring (bicyclic) bond motifs is 5. The Labute approximate surface area is 584 Å². The Morgan fingerprint density at radius 1 is 0.433 bits per heavy atom. The van der Waals surface area contributed by atoms with Crippen molar-refractivity contribution in [3.63, 3.8) is 0 Å². The van der Waals surface area contributed by atoms with Crippen molar-refractivity contribution in [2.75, 3.05) is 0 Å². The van der Waals surface area contributed by atoms with Gasteiger partial charge in [-0.2, -0.15) is 16.6 Å². The molecule has 0 saturated carbocycles. The molecule has 15 rings (SSSR count). The fourth-order valence-electron chi connectivity index (χ4n) is 14.2. The van der Waals surface area contributed by atoms with Crippen LogP contribution in [0.15, 0.2) is 180 Å². The summed E-state index contributed by atoms with van der Waals surface area (Å²) in [5.74, 6) is 4.23. The Hall–Kier alpha value is -9.89. The molecule has 0 bridgehead atoms. The molecule has 0 aliphatic heterocycles. The number of hydrogen-bond donors (Lipinski definition) is 0. The van der Waals surface area contributed by atoms with E-state index in [1.54, 1.807) is 17.4 Å². The first-order valence-electron chi connectivity index (χ1n) is 33.5. The van der Waals surface area contributed by atoms with E-state index in [-0.39, 0.29) is 55.6 Å². The molecule has 0 N–H and O–H groups in total. The van der Waals surface area contributed by atoms with Crippen LogP contribution in [0.4, 0.5) is 0 Å². The molecule has 12 heteroatoms. The topological polar surface area (TPSA) is 116 Å². The second-order valence-electron chi connectivity index (χ2n) is 27.4. The summed E-state index contributed by atoms with van der Waals surface area (Å²) in [4.78, 5) is 26.6. The average molecular weight is 1460 g/mol. The molecule has 0 unspecified atom stereocenters. The van der Waals surface area contributed by atoms with Crippen molar-refractivity contribution in [3.8, 4) is 90.7 Å². The number of aryl methyl sites for hydroxylation is 1. The van der Waals surface area contributed by atoms with Crippen molar-refractivity contribution in [3.05, 3.63) is 238 Å². The van der Waals surface area contributed by atoms with Gasteiger partial charge in [0.05, 0.1) is 67.7 Å². The number of oxazole rings is 1. The molecule has 0 atom stereocenters. The van der Waals surface area contributed by atoms with Gasteiger partial charge in [0, 0.05) is 35.1 Å². The van der Waals surface area contributed by atoms with Gasteiger partial charge < -0.3 is 18.1 Å². The smallest absolute Gasteiger partial charge is 0.488 e. The first kappa shape index (κ1) is 64.4. The summed E-state index contributed by atoms with van der Waals surface area (Å²) in [5, 5.41) is 10.2. The number of nitriles is 1. The second kappa shape index (κ2) is 25.6. The van der Waals surface area contributed by atoms with E-state index in [2.05, 4.69) is 267 Å². The third-order valence-corrected chi connectivity index (χ3v) is 19.7. The van der Waals surface area contributed by atoms with Gasteiger partial charge in [-0.25, -0.2) is 4.98 Å². The number of hydrogen-bond acceptors (Lipinski definition) is 8. The minimum absolute atomic E-state index is 0. The van der Waals surface area contributed by atoms with Gasteiger partial charge in [-0.15, -0.1) is 77.4 Å². The second-order valence-corrected chi connectivity index (χ2v) is 28.2. The van der Waals surface area contributed by atoms with Gasteiger partial charge >= 0.3 is 20.1 Å². The molecule has 0 spiro atoms. The summed E-state index contributed by atoms with van der Waals surface area (Å²) < 4.78 is 14.2. The summed E-state index contributed by atoms with van der Waals surface area (Å²) in [5.41, 5.74) is 29.5. The molecule has 480 valence electrons. The van der Waals surface area contributed by atoms with E-state index in [0.29, 0.717) is 17.0 Å². The maximum Gasteiger partial charge on any atom is 3.00 e. The first-order chi connectivity index (χ1) is 46.4. The van der Waals surface area contributed by atoms with Crippen molar-refractivity contribution >= 4 is 65.8 Å². The fraction of sp³-hybridized carbons (Fsp3) is 0.224. The molecule has 10 nitrogen and oxygen atoms in total. The average Bonchev–Trinajstić information content (AvgIpc) is 1.63. The van der Waals surface area contributed by atoms with E-state index >= 15 is 0 Å². The van der Waals surface area contributed by atoms with E-state index in [9.17, 15) is 5.26 Å². The van der Waals surface area contributed by atoms with Crippen LogP contribution in [0.5, 0.6) is 0 Å². The number of benzene rings is 10. The molecule has 97 heavy (non-hydrogen) atoms. The van der Waals surface area contributed by atoms with Crippen LogP contribution in [0.25, 0.3) is 139 Å². The van der Waals surface area contributed by atoms with Crippen LogP contribution < -0.4 is 0 Å². The quantitative estimate of drug-likeness (QED) is 0.0939. The first-order valence-corrected chi connectivity index (χ1v) is 34.4. The van der Waals surface area contributed by atoms with Crippen LogP contribution >= 0.6 is 11.3 Å². The van der Waals surface area contributed by atoms with Crippen molar-refractivity contribution in [1.29, 1.82) is 5.26 Å². The number of thiazole rings is 1. The molecule has 0 saturated heterocycles. The van der Waals surface area contributed by atoms with Crippen LogP contribution in [0.3, 0.4) is 0 Å². The molecule has 0 aliphatic carbocycles. The number of aromatic nitrogens is 8. The molecule has 0 radical (unpaired) electrons. The van der Waals surface area contributed by atoms with Gasteiger partial charge in [-0.05, 0) is 161 Å². The van der Waals surface area contributed by atoms with Crippen molar-refractivity contribution in [2.24, 2.45) is 0 Å². The predicted octanol–water partition coefficient (Wildman–Crippen LogP) is 22.8. The minimum Gasteiger partial charge on any atom is -0.488 e. The van der Waals surface area contributed by atoms with Gasteiger partial charge in [0.15, 0.2) is 5.89 Å². The summed E-state index contributed by atoms with van der Waals surface area (Å²) >= 11 is 1.62. The van der Waals surface area contributed by atoms with Crippen LogP contribution in [0, 0.1) is 36.5 Å². The van der Waals surface area contributed by atoms with Crippen LogP contribution in [0.2, 0.25) is 0 Å². The van der Waals surface area contributed by atoms with Gasteiger partial charge in [-0.1, -0.05) is 162 Å².